The predicted octanol–water partition coefficient (Wildman–Crippen LogP) is 3.89. The maximum atomic E-state index is 13.0. The van der Waals surface area contributed by atoms with Gasteiger partial charge in [-0.2, -0.15) is 0 Å². The van der Waals surface area contributed by atoms with Crippen LogP contribution >= 0.6 is 24.8 Å². The van der Waals surface area contributed by atoms with E-state index in [0.29, 0.717) is 24.0 Å². The smallest absolute Gasteiger partial charge is 0.257 e. The highest BCUT2D eigenvalue weighted by atomic mass is 35.5. The monoisotopic (exact) mass is 450 g/mol. The van der Waals surface area contributed by atoms with E-state index in [0.717, 1.165) is 42.8 Å². The summed E-state index contributed by atoms with van der Waals surface area (Å²) in [5.41, 5.74) is 3.50. The quantitative estimate of drug-likeness (QED) is 0.640. The highest BCUT2D eigenvalue weighted by Gasteiger charge is 2.24. The van der Waals surface area contributed by atoms with Gasteiger partial charge in [0.1, 0.15) is 18.0 Å². The Kier molecular flexibility index (Phi) is 8.53. The molecule has 2 aromatic heterocycles. The first kappa shape index (κ1) is 24.0. The highest BCUT2D eigenvalue weighted by molar-refractivity contribution is 5.97. The molecule has 0 aliphatic carbocycles. The number of ether oxygens (including phenoxy) is 1. The standard InChI is InChI=1S/C22H26N4O2.2ClH/c1-16-6-5-11-26-14-18(24-21(16)26)15-28-20-8-4-3-7-19(20)22(27)25-12-9-17(23-2)10-13-25;;/h3-8,11,14,17,23H,9-10,12-13,15H2,1-2H3;2*1H. The van der Waals surface area contributed by atoms with Gasteiger partial charge in [0.05, 0.1) is 11.3 Å². The maximum Gasteiger partial charge on any atom is 0.257 e. The number of fused-ring (bicyclic) bond motifs is 1. The van der Waals surface area contributed by atoms with Gasteiger partial charge in [0.2, 0.25) is 0 Å². The number of imidazole rings is 1. The molecule has 162 valence electrons. The van der Waals surface area contributed by atoms with Gasteiger partial charge in [0.25, 0.3) is 5.91 Å². The first-order valence-corrected chi connectivity index (χ1v) is 9.77. The van der Waals surface area contributed by atoms with Crippen LogP contribution in [-0.2, 0) is 6.61 Å². The number of hydrogen-bond acceptors (Lipinski definition) is 4. The van der Waals surface area contributed by atoms with Crippen molar-refractivity contribution in [2.24, 2.45) is 0 Å². The minimum absolute atomic E-state index is 0. The van der Waals surface area contributed by atoms with Crippen molar-refractivity contribution in [3.63, 3.8) is 0 Å². The molecule has 0 saturated carbocycles. The SMILES string of the molecule is CNC1CCN(C(=O)c2ccccc2OCc2cn3cccc(C)c3n2)CC1.Cl.Cl. The van der Waals surface area contributed by atoms with Crippen molar-refractivity contribution in [3.8, 4) is 5.75 Å². The van der Waals surface area contributed by atoms with E-state index in [4.69, 9.17) is 4.74 Å². The molecule has 1 N–H and O–H groups in total. The number of benzene rings is 1. The Morgan fingerprint density at radius 3 is 2.60 bits per heavy atom. The lowest BCUT2D eigenvalue weighted by molar-refractivity contribution is 0.0702. The second kappa shape index (κ2) is 10.7. The molecule has 0 radical (unpaired) electrons. The average Bonchev–Trinajstić information content (AvgIpc) is 3.17. The summed E-state index contributed by atoms with van der Waals surface area (Å²) in [5.74, 6) is 0.646. The number of piperidine rings is 1. The first-order chi connectivity index (χ1) is 13.7. The van der Waals surface area contributed by atoms with Gasteiger partial charge in [-0.05, 0) is 50.6 Å². The summed E-state index contributed by atoms with van der Waals surface area (Å²) in [5, 5.41) is 3.30. The number of amides is 1. The number of hydrogen-bond donors (Lipinski definition) is 1. The van der Waals surface area contributed by atoms with Crippen LogP contribution in [0.15, 0.2) is 48.8 Å². The lowest BCUT2D eigenvalue weighted by Crippen LogP contribution is -2.44. The molecule has 1 fully saturated rings. The Bertz CT molecular complexity index is 984. The van der Waals surface area contributed by atoms with Crippen LogP contribution in [0.5, 0.6) is 5.75 Å². The van der Waals surface area contributed by atoms with E-state index in [9.17, 15) is 4.79 Å². The zero-order valence-corrected chi connectivity index (χ0v) is 18.8. The van der Waals surface area contributed by atoms with Crippen molar-refractivity contribution in [3.05, 3.63) is 65.6 Å². The Hall–Kier alpha value is -2.28. The number of para-hydroxylation sites is 1. The van der Waals surface area contributed by atoms with Crippen LogP contribution in [0.3, 0.4) is 0 Å². The molecule has 1 aliphatic heterocycles. The molecule has 1 aromatic carbocycles. The molecular formula is C22H28Cl2N4O2. The fourth-order valence-electron chi connectivity index (χ4n) is 3.74. The molecule has 30 heavy (non-hydrogen) atoms. The number of nitrogens with zero attached hydrogens (tertiary/aromatic N) is 3. The molecule has 6 nitrogen and oxygen atoms in total. The van der Waals surface area contributed by atoms with Crippen LogP contribution in [0.25, 0.3) is 5.65 Å². The van der Waals surface area contributed by atoms with Gasteiger partial charge < -0.3 is 19.4 Å². The summed E-state index contributed by atoms with van der Waals surface area (Å²) in [4.78, 5) is 19.6. The van der Waals surface area contributed by atoms with Gasteiger partial charge in [-0.15, -0.1) is 24.8 Å². The maximum absolute atomic E-state index is 13.0. The summed E-state index contributed by atoms with van der Waals surface area (Å²) < 4.78 is 8.01. The molecule has 1 amide bonds. The van der Waals surface area contributed by atoms with Gasteiger partial charge in [-0.1, -0.05) is 18.2 Å². The largest absolute Gasteiger partial charge is 0.486 e. The molecule has 0 spiro atoms. The second-order valence-corrected chi connectivity index (χ2v) is 7.29. The minimum Gasteiger partial charge on any atom is -0.486 e. The lowest BCUT2D eigenvalue weighted by atomic mass is 10.0. The van der Waals surface area contributed by atoms with Crippen molar-refractivity contribution in [1.29, 1.82) is 0 Å². The van der Waals surface area contributed by atoms with Gasteiger partial charge in [-0.25, -0.2) is 4.98 Å². The first-order valence-electron chi connectivity index (χ1n) is 9.77. The fourth-order valence-corrected chi connectivity index (χ4v) is 3.74. The van der Waals surface area contributed by atoms with Crippen LogP contribution in [-0.4, -0.2) is 46.4 Å². The van der Waals surface area contributed by atoms with E-state index in [2.05, 4.69) is 10.3 Å². The van der Waals surface area contributed by atoms with Gasteiger partial charge in [0, 0.05) is 31.5 Å². The normalized spacial score (nSPS) is 14.1. The number of aryl methyl sites for hydroxylation is 1. The number of aromatic nitrogens is 2. The Balaban J connectivity index is 0.00000160. The fraction of sp³-hybridized carbons (Fsp3) is 0.364. The average molecular weight is 451 g/mol. The molecule has 4 rings (SSSR count). The number of rotatable bonds is 5. The van der Waals surface area contributed by atoms with Crippen LogP contribution in [0.4, 0.5) is 0 Å². The van der Waals surface area contributed by atoms with Crippen molar-refractivity contribution in [2.75, 3.05) is 20.1 Å². The zero-order chi connectivity index (χ0) is 19.5. The number of nitrogens with one attached hydrogen (secondary N) is 1. The van der Waals surface area contributed by atoms with Crippen molar-refractivity contribution in [2.45, 2.75) is 32.4 Å². The number of halogens is 2. The zero-order valence-electron chi connectivity index (χ0n) is 17.2. The Morgan fingerprint density at radius 1 is 1.17 bits per heavy atom. The molecule has 1 aliphatic rings. The van der Waals surface area contributed by atoms with Gasteiger partial charge in [0.15, 0.2) is 0 Å². The Morgan fingerprint density at radius 2 is 1.90 bits per heavy atom. The summed E-state index contributed by atoms with van der Waals surface area (Å²) in [6.45, 7) is 3.90. The van der Waals surface area contributed by atoms with Crippen LogP contribution in [0.1, 0.15) is 34.5 Å². The molecular weight excluding hydrogens is 423 g/mol. The number of pyridine rings is 1. The predicted molar refractivity (Wildman–Crippen MR) is 123 cm³/mol. The van der Waals surface area contributed by atoms with E-state index < -0.39 is 0 Å². The molecule has 0 bridgehead atoms. The van der Waals surface area contributed by atoms with E-state index in [-0.39, 0.29) is 30.7 Å². The molecule has 0 atom stereocenters. The Labute approximate surface area is 189 Å². The van der Waals surface area contributed by atoms with Crippen LogP contribution < -0.4 is 10.1 Å². The van der Waals surface area contributed by atoms with E-state index in [1.165, 1.54) is 0 Å². The summed E-state index contributed by atoms with van der Waals surface area (Å²) in [7, 11) is 1.98. The molecule has 1 saturated heterocycles. The van der Waals surface area contributed by atoms with Crippen LogP contribution in [0.2, 0.25) is 0 Å². The van der Waals surface area contributed by atoms with Crippen molar-refractivity contribution < 1.29 is 9.53 Å². The summed E-state index contributed by atoms with van der Waals surface area (Å²) >= 11 is 0. The third-order valence-corrected chi connectivity index (χ3v) is 5.41. The number of carbonyl (C=O) groups excluding carboxylic acids is 1. The van der Waals surface area contributed by atoms with Crippen molar-refractivity contribution >= 4 is 36.4 Å². The van der Waals surface area contributed by atoms with Crippen LogP contribution in [0, 0.1) is 6.92 Å². The van der Waals surface area contributed by atoms with E-state index >= 15 is 0 Å². The van der Waals surface area contributed by atoms with E-state index in [1.54, 1.807) is 0 Å². The number of likely N-dealkylation sites (tertiary alicyclic amines) is 1. The van der Waals surface area contributed by atoms with Gasteiger partial charge >= 0.3 is 0 Å². The third kappa shape index (κ3) is 5.06. The second-order valence-electron chi connectivity index (χ2n) is 7.29. The minimum atomic E-state index is 0. The highest BCUT2D eigenvalue weighted by Crippen LogP contribution is 2.23. The number of carbonyl (C=O) groups is 1. The molecule has 3 aromatic rings. The molecule has 0 unspecified atom stereocenters. The molecule has 8 heteroatoms. The lowest BCUT2D eigenvalue weighted by Gasteiger charge is -2.32. The topological polar surface area (TPSA) is 58.9 Å². The third-order valence-electron chi connectivity index (χ3n) is 5.41. The molecule has 3 heterocycles. The summed E-state index contributed by atoms with van der Waals surface area (Å²) in [6, 6.07) is 12.0. The van der Waals surface area contributed by atoms with Gasteiger partial charge in [-0.3, -0.25) is 4.79 Å². The summed E-state index contributed by atoms with van der Waals surface area (Å²) in [6.07, 6.45) is 5.90. The van der Waals surface area contributed by atoms with E-state index in [1.807, 2.05) is 72.1 Å². The van der Waals surface area contributed by atoms with Crippen molar-refractivity contribution in [1.82, 2.24) is 19.6 Å².